The zero-order valence-corrected chi connectivity index (χ0v) is 11.4. The number of allylic oxidation sites excluding steroid dienone is 1. The van der Waals surface area contributed by atoms with Crippen LogP contribution in [-0.2, 0) is 14.6 Å². The van der Waals surface area contributed by atoms with Gasteiger partial charge in [-0.05, 0) is 23.6 Å². The second-order valence-electron chi connectivity index (χ2n) is 4.43. The summed E-state index contributed by atoms with van der Waals surface area (Å²) in [5.41, 5.74) is 0.689. The van der Waals surface area contributed by atoms with E-state index in [0.29, 0.717) is 5.56 Å². The van der Waals surface area contributed by atoms with Gasteiger partial charge in [0.25, 0.3) is 0 Å². The highest BCUT2D eigenvalue weighted by molar-refractivity contribution is 7.90. The highest BCUT2D eigenvalue weighted by atomic mass is 32.2. The highest BCUT2D eigenvalue weighted by Crippen LogP contribution is 2.19. The van der Waals surface area contributed by atoms with E-state index >= 15 is 0 Å². The Morgan fingerprint density at radius 2 is 1.72 bits per heavy atom. The lowest BCUT2D eigenvalue weighted by molar-refractivity contribution is -0.130. The molecule has 0 spiro atoms. The molecule has 1 aromatic carbocycles. The Balaban J connectivity index is 3.22. The number of aliphatic carboxylic acids is 1. The summed E-state index contributed by atoms with van der Waals surface area (Å²) in [6, 6.07) is 5.86. The number of rotatable bonds is 4. The lowest BCUT2D eigenvalue weighted by atomic mass is 10.0. The summed E-state index contributed by atoms with van der Waals surface area (Å²) in [7, 11) is -3.26. The molecule has 0 aromatic heterocycles. The van der Waals surface area contributed by atoms with E-state index in [9.17, 15) is 13.2 Å². The quantitative estimate of drug-likeness (QED) is 0.850. The first-order chi connectivity index (χ1) is 8.21. The van der Waals surface area contributed by atoms with Crippen molar-refractivity contribution in [2.24, 2.45) is 5.92 Å². The predicted molar refractivity (Wildman–Crippen MR) is 70.0 cm³/mol. The first kappa shape index (κ1) is 14.4. The summed E-state index contributed by atoms with van der Waals surface area (Å²) in [4.78, 5) is 11.3. The average Bonchev–Trinajstić information content (AvgIpc) is 2.24. The molecule has 1 N–H and O–H groups in total. The van der Waals surface area contributed by atoms with Crippen molar-refractivity contribution in [3.8, 4) is 0 Å². The molecule has 0 unspecified atom stereocenters. The van der Waals surface area contributed by atoms with Gasteiger partial charge >= 0.3 is 5.97 Å². The van der Waals surface area contributed by atoms with Gasteiger partial charge in [-0.15, -0.1) is 0 Å². The Labute approximate surface area is 107 Å². The monoisotopic (exact) mass is 268 g/mol. The number of hydrogen-bond acceptors (Lipinski definition) is 3. The van der Waals surface area contributed by atoms with Crippen LogP contribution in [0.2, 0.25) is 0 Å². The summed E-state index contributed by atoms with van der Waals surface area (Å²) < 4.78 is 22.6. The maximum atomic E-state index is 11.3. The smallest absolute Gasteiger partial charge is 0.335 e. The van der Waals surface area contributed by atoms with E-state index in [2.05, 4.69) is 0 Å². The van der Waals surface area contributed by atoms with Gasteiger partial charge in [0.05, 0.1) is 10.5 Å². The molecule has 0 bridgehead atoms. The van der Waals surface area contributed by atoms with Crippen LogP contribution in [0.25, 0.3) is 5.57 Å². The number of carbonyl (C=O) groups is 1. The Kier molecular flexibility index (Phi) is 4.29. The third-order valence-corrected chi connectivity index (χ3v) is 3.45. The molecule has 5 heteroatoms. The molecule has 0 aliphatic heterocycles. The SMILES string of the molecule is CC(C)C=C(C(=O)O)c1ccc(S(C)(=O)=O)cc1. The fraction of sp³-hybridized carbons (Fsp3) is 0.308. The van der Waals surface area contributed by atoms with Gasteiger partial charge in [-0.2, -0.15) is 0 Å². The normalized spacial score (nSPS) is 12.8. The Morgan fingerprint density at radius 3 is 2.06 bits per heavy atom. The van der Waals surface area contributed by atoms with Crippen molar-refractivity contribution >= 4 is 21.4 Å². The summed E-state index contributed by atoms with van der Waals surface area (Å²) in [5, 5.41) is 9.12. The molecule has 1 aromatic rings. The molecule has 0 aliphatic carbocycles. The lowest BCUT2D eigenvalue weighted by Gasteiger charge is -2.06. The average molecular weight is 268 g/mol. The van der Waals surface area contributed by atoms with E-state index in [1.165, 1.54) is 24.3 Å². The number of benzene rings is 1. The minimum absolute atomic E-state index is 0.102. The summed E-state index contributed by atoms with van der Waals surface area (Å²) in [6.07, 6.45) is 2.75. The van der Waals surface area contributed by atoms with Gasteiger partial charge < -0.3 is 5.11 Å². The van der Waals surface area contributed by atoms with E-state index in [1.807, 2.05) is 13.8 Å². The van der Waals surface area contributed by atoms with E-state index < -0.39 is 15.8 Å². The highest BCUT2D eigenvalue weighted by Gasteiger charge is 2.12. The zero-order valence-electron chi connectivity index (χ0n) is 10.5. The Hall–Kier alpha value is -1.62. The molecule has 18 heavy (non-hydrogen) atoms. The van der Waals surface area contributed by atoms with E-state index in [-0.39, 0.29) is 16.4 Å². The largest absolute Gasteiger partial charge is 0.478 e. The van der Waals surface area contributed by atoms with E-state index in [0.717, 1.165) is 6.26 Å². The Morgan fingerprint density at radius 1 is 1.22 bits per heavy atom. The number of carboxylic acids is 1. The van der Waals surface area contributed by atoms with Gasteiger partial charge in [-0.1, -0.05) is 32.1 Å². The first-order valence-electron chi connectivity index (χ1n) is 5.47. The molecular weight excluding hydrogens is 252 g/mol. The molecular formula is C13H16O4S. The third kappa shape index (κ3) is 3.70. The van der Waals surface area contributed by atoms with Crippen molar-refractivity contribution in [3.05, 3.63) is 35.9 Å². The number of carboxylic acid groups (broad SMARTS) is 1. The van der Waals surface area contributed by atoms with Crippen LogP contribution in [0.15, 0.2) is 35.2 Å². The van der Waals surface area contributed by atoms with Crippen LogP contribution in [0.3, 0.4) is 0 Å². The molecule has 0 atom stereocenters. The van der Waals surface area contributed by atoms with Crippen LogP contribution in [0.5, 0.6) is 0 Å². The summed E-state index contributed by atoms with van der Waals surface area (Å²) >= 11 is 0. The van der Waals surface area contributed by atoms with Crippen LogP contribution in [0.4, 0.5) is 0 Å². The Bertz CT molecular complexity index is 566. The van der Waals surface area contributed by atoms with Crippen LogP contribution >= 0.6 is 0 Å². The molecule has 4 nitrogen and oxygen atoms in total. The van der Waals surface area contributed by atoms with Gasteiger partial charge in [0, 0.05) is 6.26 Å². The minimum atomic E-state index is -3.26. The second-order valence-corrected chi connectivity index (χ2v) is 6.44. The molecule has 0 aliphatic rings. The molecule has 0 saturated heterocycles. The van der Waals surface area contributed by atoms with Gasteiger partial charge in [-0.25, -0.2) is 13.2 Å². The summed E-state index contributed by atoms with van der Waals surface area (Å²) in [6.45, 7) is 3.77. The van der Waals surface area contributed by atoms with Crippen LogP contribution in [-0.4, -0.2) is 25.7 Å². The van der Waals surface area contributed by atoms with Crippen molar-refractivity contribution in [1.29, 1.82) is 0 Å². The van der Waals surface area contributed by atoms with Crippen molar-refractivity contribution < 1.29 is 18.3 Å². The van der Waals surface area contributed by atoms with Crippen LogP contribution < -0.4 is 0 Å². The predicted octanol–water partition coefficient (Wildman–Crippen LogP) is 2.21. The maximum Gasteiger partial charge on any atom is 0.335 e. The van der Waals surface area contributed by atoms with Gasteiger partial charge in [0.2, 0.25) is 0 Å². The third-order valence-electron chi connectivity index (χ3n) is 2.32. The van der Waals surface area contributed by atoms with E-state index in [1.54, 1.807) is 6.08 Å². The molecule has 0 radical (unpaired) electrons. The molecule has 1 rings (SSSR count). The van der Waals surface area contributed by atoms with Crippen LogP contribution in [0.1, 0.15) is 19.4 Å². The van der Waals surface area contributed by atoms with Crippen molar-refractivity contribution in [1.82, 2.24) is 0 Å². The second kappa shape index (κ2) is 5.35. The van der Waals surface area contributed by atoms with Crippen molar-refractivity contribution in [2.75, 3.05) is 6.26 Å². The van der Waals surface area contributed by atoms with Crippen molar-refractivity contribution in [3.63, 3.8) is 0 Å². The molecule has 0 fully saturated rings. The standard InChI is InChI=1S/C13H16O4S/c1-9(2)8-12(13(14)15)10-4-6-11(7-5-10)18(3,16)17/h4-9H,1-3H3,(H,14,15). The zero-order chi connectivity index (χ0) is 13.9. The van der Waals surface area contributed by atoms with Crippen LogP contribution in [0, 0.1) is 5.92 Å². The summed E-state index contributed by atoms with van der Waals surface area (Å²) in [5.74, 6) is -0.915. The van der Waals surface area contributed by atoms with Gasteiger partial charge in [0.15, 0.2) is 9.84 Å². The topological polar surface area (TPSA) is 71.4 Å². The first-order valence-corrected chi connectivity index (χ1v) is 7.36. The number of sulfone groups is 1. The lowest BCUT2D eigenvalue weighted by Crippen LogP contribution is -2.02. The van der Waals surface area contributed by atoms with Gasteiger partial charge in [0.1, 0.15) is 0 Å². The number of hydrogen-bond donors (Lipinski definition) is 1. The van der Waals surface area contributed by atoms with Crippen molar-refractivity contribution in [2.45, 2.75) is 18.7 Å². The fourth-order valence-corrected chi connectivity index (χ4v) is 2.14. The molecule has 98 valence electrons. The molecule has 0 heterocycles. The molecule has 0 amide bonds. The van der Waals surface area contributed by atoms with Gasteiger partial charge in [-0.3, -0.25) is 0 Å². The van der Waals surface area contributed by atoms with E-state index in [4.69, 9.17) is 5.11 Å². The maximum absolute atomic E-state index is 11.3. The molecule has 0 saturated carbocycles. The fourth-order valence-electron chi connectivity index (χ4n) is 1.51. The minimum Gasteiger partial charge on any atom is -0.478 e.